The van der Waals surface area contributed by atoms with Gasteiger partial charge in [0.1, 0.15) is 0 Å². The van der Waals surface area contributed by atoms with E-state index in [-0.39, 0.29) is 24.0 Å². The number of aromatic nitrogens is 1. The highest BCUT2D eigenvalue weighted by molar-refractivity contribution is 14.0. The Morgan fingerprint density at radius 2 is 1.73 bits per heavy atom. The van der Waals surface area contributed by atoms with Crippen molar-refractivity contribution in [3.63, 3.8) is 0 Å². The average Bonchev–Trinajstić information content (AvgIpc) is 2.98. The maximum Gasteiger partial charge on any atom is 0.416 e. The van der Waals surface area contributed by atoms with Crippen molar-refractivity contribution in [2.75, 3.05) is 20.1 Å². The minimum atomic E-state index is -4.29. The predicted molar refractivity (Wildman–Crippen MR) is 110 cm³/mol. The van der Waals surface area contributed by atoms with Crippen LogP contribution in [-0.4, -0.2) is 31.1 Å². The number of nitrogens with zero attached hydrogens (tertiary/aromatic N) is 2. The fourth-order valence-electron chi connectivity index (χ4n) is 2.24. The number of hydrogen-bond acceptors (Lipinski definition) is 3. The van der Waals surface area contributed by atoms with Crippen molar-refractivity contribution in [3.05, 3.63) is 51.5 Å². The smallest absolute Gasteiger partial charge is 0.356 e. The van der Waals surface area contributed by atoms with Gasteiger partial charge < -0.3 is 10.6 Å². The summed E-state index contributed by atoms with van der Waals surface area (Å²) in [6.07, 6.45) is -2.87. The molecule has 0 aliphatic rings. The van der Waals surface area contributed by atoms with Crippen LogP contribution >= 0.6 is 35.3 Å². The van der Waals surface area contributed by atoms with Gasteiger partial charge in [-0.2, -0.15) is 13.2 Å². The molecule has 1 aromatic carbocycles. The summed E-state index contributed by atoms with van der Waals surface area (Å²) >= 11 is 1.63. The van der Waals surface area contributed by atoms with E-state index in [0.29, 0.717) is 25.5 Å². The number of aryl methyl sites for hydroxylation is 1. The molecule has 0 unspecified atom stereocenters. The van der Waals surface area contributed by atoms with E-state index in [2.05, 4.69) is 20.6 Å². The van der Waals surface area contributed by atoms with Gasteiger partial charge >= 0.3 is 6.18 Å². The number of rotatable bonds is 6. The fourth-order valence-corrected chi connectivity index (χ4v) is 2.89. The van der Waals surface area contributed by atoms with Crippen LogP contribution < -0.4 is 10.6 Å². The lowest BCUT2D eigenvalue weighted by Gasteiger charge is -2.12. The summed E-state index contributed by atoms with van der Waals surface area (Å²) in [6, 6.07) is 5.23. The van der Waals surface area contributed by atoms with Gasteiger partial charge in [-0.3, -0.25) is 4.99 Å². The second kappa shape index (κ2) is 10.7. The number of aliphatic imine (C=N–C) groups is 1. The first kappa shape index (κ1) is 22.7. The van der Waals surface area contributed by atoms with Crippen molar-refractivity contribution < 1.29 is 13.2 Å². The number of halogens is 4. The minimum absolute atomic E-state index is 0. The third kappa shape index (κ3) is 7.48. The maximum absolute atomic E-state index is 12.5. The standard InChI is InChI=1S/C17H21F3N4S.HI/c1-12-24-15(11-25-12)8-10-23-16(21-2)22-9-7-13-3-5-14(6-4-13)17(18,19)20;/h3-6,11H,7-10H2,1-2H3,(H2,21,22,23);1H. The second-order valence-corrected chi connectivity index (χ2v) is 6.54. The average molecular weight is 498 g/mol. The molecule has 1 heterocycles. The Labute approximate surface area is 172 Å². The summed E-state index contributed by atoms with van der Waals surface area (Å²) in [7, 11) is 1.68. The van der Waals surface area contributed by atoms with Crippen LogP contribution in [0, 0.1) is 6.92 Å². The van der Waals surface area contributed by atoms with Crippen LogP contribution in [-0.2, 0) is 19.0 Å². The highest BCUT2D eigenvalue weighted by Gasteiger charge is 2.29. The molecule has 0 aliphatic carbocycles. The van der Waals surface area contributed by atoms with Crippen molar-refractivity contribution in [1.29, 1.82) is 0 Å². The van der Waals surface area contributed by atoms with E-state index in [4.69, 9.17) is 0 Å². The van der Waals surface area contributed by atoms with Gasteiger partial charge in [0.15, 0.2) is 5.96 Å². The molecule has 144 valence electrons. The van der Waals surface area contributed by atoms with E-state index < -0.39 is 11.7 Å². The molecule has 2 aromatic rings. The number of hydrogen-bond donors (Lipinski definition) is 2. The third-order valence-corrected chi connectivity index (χ3v) is 4.37. The Kier molecular flexibility index (Phi) is 9.34. The number of guanidine groups is 1. The van der Waals surface area contributed by atoms with Gasteiger partial charge in [-0.15, -0.1) is 35.3 Å². The zero-order valence-electron chi connectivity index (χ0n) is 14.6. The molecule has 4 nitrogen and oxygen atoms in total. The Morgan fingerprint density at radius 1 is 1.12 bits per heavy atom. The quantitative estimate of drug-likeness (QED) is 0.359. The minimum Gasteiger partial charge on any atom is -0.356 e. The largest absolute Gasteiger partial charge is 0.416 e. The molecule has 0 radical (unpaired) electrons. The van der Waals surface area contributed by atoms with Crippen LogP contribution in [0.2, 0.25) is 0 Å². The zero-order chi connectivity index (χ0) is 18.3. The van der Waals surface area contributed by atoms with Gasteiger partial charge in [-0.1, -0.05) is 12.1 Å². The lowest BCUT2D eigenvalue weighted by molar-refractivity contribution is -0.137. The van der Waals surface area contributed by atoms with Crippen LogP contribution in [0.15, 0.2) is 34.6 Å². The van der Waals surface area contributed by atoms with E-state index in [0.717, 1.165) is 34.8 Å². The summed E-state index contributed by atoms with van der Waals surface area (Å²) in [6.45, 7) is 3.27. The monoisotopic (exact) mass is 498 g/mol. The SMILES string of the molecule is CN=C(NCCc1ccc(C(F)(F)F)cc1)NCCc1csc(C)n1.I. The third-order valence-electron chi connectivity index (χ3n) is 3.55. The Balaban J connectivity index is 0.00000338. The van der Waals surface area contributed by atoms with Crippen LogP contribution in [0.1, 0.15) is 21.8 Å². The van der Waals surface area contributed by atoms with Gasteiger partial charge in [0.05, 0.1) is 16.3 Å². The first-order valence-corrected chi connectivity index (χ1v) is 8.78. The van der Waals surface area contributed by atoms with E-state index in [1.54, 1.807) is 18.4 Å². The van der Waals surface area contributed by atoms with Gasteiger partial charge in [0, 0.05) is 31.9 Å². The number of nitrogens with one attached hydrogen (secondary N) is 2. The predicted octanol–water partition coefficient (Wildman–Crippen LogP) is 4.04. The van der Waals surface area contributed by atoms with E-state index in [9.17, 15) is 13.2 Å². The topological polar surface area (TPSA) is 49.3 Å². The van der Waals surface area contributed by atoms with Crippen molar-refractivity contribution in [3.8, 4) is 0 Å². The summed E-state index contributed by atoms with van der Waals surface area (Å²) in [5, 5.41) is 9.44. The lowest BCUT2D eigenvalue weighted by atomic mass is 10.1. The summed E-state index contributed by atoms with van der Waals surface area (Å²) in [5.41, 5.74) is 1.27. The van der Waals surface area contributed by atoms with Crippen LogP contribution in [0.5, 0.6) is 0 Å². The van der Waals surface area contributed by atoms with Crippen LogP contribution in [0.4, 0.5) is 13.2 Å². The second-order valence-electron chi connectivity index (χ2n) is 5.48. The summed E-state index contributed by atoms with van der Waals surface area (Å²) < 4.78 is 37.6. The molecule has 0 saturated carbocycles. The fraction of sp³-hybridized carbons (Fsp3) is 0.412. The summed E-state index contributed by atoms with van der Waals surface area (Å²) in [5.74, 6) is 0.666. The summed E-state index contributed by atoms with van der Waals surface area (Å²) in [4.78, 5) is 8.53. The van der Waals surface area contributed by atoms with Crippen molar-refractivity contribution in [1.82, 2.24) is 15.6 Å². The molecular formula is C17H22F3IN4S. The Morgan fingerprint density at radius 3 is 2.23 bits per heavy atom. The molecule has 2 N–H and O–H groups in total. The van der Waals surface area contributed by atoms with Gasteiger partial charge in [-0.25, -0.2) is 4.98 Å². The van der Waals surface area contributed by atoms with Crippen LogP contribution in [0.3, 0.4) is 0 Å². The molecule has 0 spiro atoms. The van der Waals surface area contributed by atoms with Gasteiger partial charge in [0.25, 0.3) is 0 Å². The maximum atomic E-state index is 12.5. The molecule has 9 heteroatoms. The molecule has 0 fully saturated rings. The number of benzene rings is 1. The van der Waals surface area contributed by atoms with Gasteiger partial charge in [0.2, 0.25) is 0 Å². The molecule has 2 rings (SSSR count). The van der Waals surface area contributed by atoms with Crippen LogP contribution in [0.25, 0.3) is 0 Å². The molecule has 0 atom stereocenters. The van der Waals surface area contributed by atoms with Crippen molar-refractivity contribution in [2.24, 2.45) is 4.99 Å². The zero-order valence-corrected chi connectivity index (χ0v) is 17.7. The Hall–Kier alpha value is -1.36. The van der Waals surface area contributed by atoms with E-state index in [1.165, 1.54) is 12.1 Å². The lowest BCUT2D eigenvalue weighted by Crippen LogP contribution is -2.39. The number of alkyl halides is 3. The molecule has 0 saturated heterocycles. The van der Waals surface area contributed by atoms with Crippen molar-refractivity contribution in [2.45, 2.75) is 25.9 Å². The molecule has 26 heavy (non-hydrogen) atoms. The van der Waals surface area contributed by atoms with Crippen molar-refractivity contribution >= 4 is 41.3 Å². The first-order valence-electron chi connectivity index (χ1n) is 7.90. The molecular weight excluding hydrogens is 476 g/mol. The number of thiazole rings is 1. The molecule has 0 aliphatic heterocycles. The first-order chi connectivity index (χ1) is 11.9. The van der Waals surface area contributed by atoms with E-state index >= 15 is 0 Å². The van der Waals surface area contributed by atoms with E-state index in [1.807, 2.05) is 12.3 Å². The highest BCUT2D eigenvalue weighted by Crippen LogP contribution is 2.29. The molecule has 1 aromatic heterocycles. The van der Waals surface area contributed by atoms with Gasteiger partial charge in [-0.05, 0) is 31.0 Å². The molecule has 0 amide bonds. The normalized spacial score (nSPS) is 11.8. The Bertz CT molecular complexity index is 699. The highest BCUT2D eigenvalue weighted by atomic mass is 127. The molecule has 0 bridgehead atoms.